The van der Waals surface area contributed by atoms with Gasteiger partial charge in [-0.15, -0.1) is 0 Å². The molecular formula is C39H58N4O2. The number of fused-ring (bicyclic) bond motifs is 7. The molecule has 0 radical (unpaired) electrons. The van der Waals surface area contributed by atoms with Crippen molar-refractivity contribution in [2.45, 2.75) is 104 Å². The number of hydrogen-bond donors (Lipinski definition) is 5. The predicted molar refractivity (Wildman–Crippen MR) is 184 cm³/mol. The van der Waals surface area contributed by atoms with Crippen LogP contribution in [0.4, 0.5) is 0 Å². The highest BCUT2D eigenvalue weighted by Gasteiger charge is 2.69. The first kappa shape index (κ1) is 32.2. The molecule has 6 nitrogen and oxygen atoms in total. The maximum absolute atomic E-state index is 11.5. The summed E-state index contributed by atoms with van der Waals surface area (Å²) in [5.74, 6) is 2.69. The van der Waals surface area contributed by atoms with E-state index < -0.39 is 5.97 Å². The van der Waals surface area contributed by atoms with E-state index in [4.69, 9.17) is 11.5 Å². The van der Waals surface area contributed by atoms with E-state index in [1.165, 1.54) is 75.1 Å². The van der Waals surface area contributed by atoms with E-state index in [0.29, 0.717) is 28.1 Å². The second-order valence-corrected chi connectivity index (χ2v) is 16.6. The number of aromatic carboxylic acids is 1. The van der Waals surface area contributed by atoms with E-state index in [9.17, 15) is 9.90 Å². The predicted octanol–water partition coefficient (Wildman–Crippen LogP) is 7.44. The lowest BCUT2D eigenvalue weighted by Gasteiger charge is -2.72. The van der Waals surface area contributed by atoms with Crippen molar-refractivity contribution in [2.24, 2.45) is 56.8 Å². The number of allylic oxidation sites excluding steroid dienone is 4. The third-order valence-electron chi connectivity index (χ3n) is 14.7. The highest BCUT2D eigenvalue weighted by molar-refractivity contribution is 5.88. The zero-order valence-corrected chi connectivity index (χ0v) is 28.4. The van der Waals surface area contributed by atoms with Crippen LogP contribution >= 0.6 is 0 Å². The van der Waals surface area contributed by atoms with E-state index in [-0.39, 0.29) is 16.4 Å². The second kappa shape index (κ2) is 11.5. The van der Waals surface area contributed by atoms with E-state index in [1.807, 2.05) is 18.2 Å². The minimum atomic E-state index is -0.860. The van der Waals surface area contributed by atoms with Gasteiger partial charge in [-0.05, 0) is 145 Å². The summed E-state index contributed by atoms with van der Waals surface area (Å²) in [7, 11) is 0. The van der Waals surface area contributed by atoms with Crippen LogP contribution in [0.2, 0.25) is 0 Å². The number of nitrogens with one attached hydrogen (secondary N) is 2. The first-order valence-electron chi connectivity index (χ1n) is 17.7. The molecule has 1 aromatic rings. The number of carbonyl (C=O) groups is 1. The van der Waals surface area contributed by atoms with Crippen molar-refractivity contribution in [2.75, 3.05) is 13.1 Å². The minimum Gasteiger partial charge on any atom is -0.478 e. The maximum atomic E-state index is 11.5. The molecule has 0 aromatic heterocycles. The number of carboxylic acids is 1. The summed E-state index contributed by atoms with van der Waals surface area (Å²) < 4.78 is 0. The lowest BCUT2D eigenvalue weighted by Crippen LogP contribution is -2.67. The zero-order chi connectivity index (χ0) is 32.3. The van der Waals surface area contributed by atoms with Gasteiger partial charge in [0.15, 0.2) is 0 Å². The Morgan fingerprint density at radius 2 is 1.67 bits per heavy atom. The SMILES string of the molecule is CC1(C)C(c2ccc(C(=O)O)cc2)=CCC2(C)C1CCC1(C)C2CCC2C3CCCC3(NCCN/C(N)=C/C=C\N)CC[C@]21C. The molecule has 45 heavy (non-hydrogen) atoms. The van der Waals surface area contributed by atoms with Crippen molar-refractivity contribution >= 4 is 11.5 Å². The number of hydrogen-bond acceptors (Lipinski definition) is 5. The minimum absolute atomic E-state index is 0.0428. The molecular weight excluding hydrogens is 556 g/mol. The fraction of sp³-hybridized carbons (Fsp3) is 0.667. The molecule has 0 saturated heterocycles. The summed E-state index contributed by atoms with van der Waals surface area (Å²) in [6, 6.07) is 7.61. The molecule has 4 saturated carbocycles. The molecule has 7 N–H and O–H groups in total. The lowest BCUT2D eigenvalue weighted by atomic mass is 9.33. The van der Waals surface area contributed by atoms with Crippen molar-refractivity contribution < 1.29 is 9.90 Å². The normalized spacial score (nSPS) is 40.6. The Morgan fingerprint density at radius 3 is 2.38 bits per heavy atom. The Bertz CT molecular complexity index is 1380. The van der Waals surface area contributed by atoms with E-state index in [0.717, 1.165) is 37.3 Å². The van der Waals surface area contributed by atoms with Gasteiger partial charge in [0.25, 0.3) is 0 Å². The fourth-order valence-electron chi connectivity index (χ4n) is 12.5. The Kier molecular flexibility index (Phi) is 8.24. The van der Waals surface area contributed by atoms with Gasteiger partial charge < -0.3 is 27.2 Å². The molecule has 6 heteroatoms. The first-order chi connectivity index (χ1) is 21.3. The van der Waals surface area contributed by atoms with Gasteiger partial charge in [0.1, 0.15) is 0 Å². The monoisotopic (exact) mass is 614 g/mol. The van der Waals surface area contributed by atoms with Crippen molar-refractivity contribution in [1.82, 2.24) is 10.6 Å². The van der Waals surface area contributed by atoms with E-state index in [2.05, 4.69) is 51.3 Å². The van der Waals surface area contributed by atoms with E-state index >= 15 is 0 Å². The fourth-order valence-corrected chi connectivity index (χ4v) is 12.5. The molecule has 0 spiro atoms. The topological polar surface area (TPSA) is 113 Å². The Morgan fingerprint density at radius 1 is 0.911 bits per heavy atom. The highest BCUT2D eigenvalue weighted by atomic mass is 16.4. The second-order valence-electron chi connectivity index (χ2n) is 16.6. The van der Waals surface area contributed by atoms with Crippen molar-refractivity contribution in [1.29, 1.82) is 0 Å². The van der Waals surface area contributed by atoms with Crippen LogP contribution in [0.1, 0.15) is 115 Å². The average Bonchev–Trinajstić information content (AvgIpc) is 3.42. The molecule has 1 aromatic carbocycles. The Labute approximate surface area is 271 Å². The van der Waals surface area contributed by atoms with Gasteiger partial charge in [0.2, 0.25) is 0 Å². The molecule has 0 bridgehead atoms. The van der Waals surface area contributed by atoms with Gasteiger partial charge in [0, 0.05) is 18.6 Å². The molecule has 5 aliphatic carbocycles. The van der Waals surface area contributed by atoms with Crippen LogP contribution in [0.15, 0.2) is 54.5 Å². The van der Waals surface area contributed by atoms with Crippen LogP contribution in [0.25, 0.3) is 5.57 Å². The summed E-state index contributed by atoms with van der Waals surface area (Å²) in [6.07, 6.45) is 20.7. The van der Waals surface area contributed by atoms with Gasteiger partial charge in [-0.3, -0.25) is 0 Å². The van der Waals surface area contributed by atoms with Crippen molar-refractivity contribution in [3.05, 3.63) is 65.6 Å². The maximum Gasteiger partial charge on any atom is 0.335 e. The van der Waals surface area contributed by atoms with Gasteiger partial charge in [0.05, 0.1) is 11.4 Å². The number of rotatable bonds is 8. The standard InChI is InChI=1S/C39H58N4O2/c1-35(2)28(26-10-12-27(13-11-26)34(44)45)16-19-36(3)31(35)17-20-38(5)32(36)15-14-29-30-8-6-18-39(30,22-21-37(29,38)4)43-25-24-42-33(41)9-7-23-40/h7,9-13,16,23,29-32,42-43H,6,8,14-15,17-22,24-25,40-41H2,1-5H3,(H,44,45)/b23-7-,33-9+/t29?,30?,31?,32?,36?,37-,38?,39?/m1/s1. The average molecular weight is 615 g/mol. The van der Waals surface area contributed by atoms with E-state index in [1.54, 1.807) is 18.2 Å². The Balaban J connectivity index is 1.22. The molecule has 0 heterocycles. The highest BCUT2D eigenvalue weighted by Crippen LogP contribution is 2.76. The number of nitrogens with two attached hydrogens (primary N) is 2. The van der Waals surface area contributed by atoms with Crippen LogP contribution in [-0.4, -0.2) is 29.7 Å². The summed E-state index contributed by atoms with van der Waals surface area (Å²) in [5.41, 5.74) is 15.8. The van der Waals surface area contributed by atoms with Gasteiger partial charge in [-0.1, -0.05) is 59.2 Å². The quantitative estimate of drug-likeness (QED) is 0.154. The summed E-state index contributed by atoms with van der Waals surface area (Å²) in [6.45, 7) is 14.8. The van der Waals surface area contributed by atoms with Gasteiger partial charge in [-0.25, -0.2) is 4.79 Å². The van der Waals surface area contributed by atoms with Crippen LogP contribution in [0, 0.1) is 45.3 Å². The number of carboxylic acid groups (broad SMARTS) is 1. The molecule has 0 amide bonds. The van der Waals surface area contributed by atoms with Gasteiger partial charge >= 0.3 is 5.97 Å². The largest absolute Gasteiger partial charge is 0.478 e. The van der Waals surface area contributed by atoms with Gasteiger partial charge in [-0.2, -0.15) is 0 Å². The zero-order valence-electron chi connectivity index (χ0n) is 28.4. The molecule has 6 rings (SSSR count). The summed E-state index contributed by atoms with van der Waals surface area (Å²) >= 11 is 0. The molecule has 4 fully saturated rings. The molecule has 7 unspecified atom stereocenters. The molecule has 8 atom stereocenters. The Hall–Kier alpha value is -2.73. The first-order valence-corrected chi connectivity index (χ1v) is 17.7. The molecule has 246 valence electrons. The molecule has 0 aliphatic heterocycles. The van der Waals surface area contributed by atoms with Crippen molar-refractivity contribution in [3.8, 4) is 0 Å². The van der Waals surface area contributed by atoms with Crippen LogP contribution in [0.5, 0.6) is 0 Å². The summed E-state index contributed by atoms with van der Waals surface area (Å²) in [4.78, 5) is 11.5. The third kappa shape index (κ3) is 4.96. The smallest absolute Gasteiger partial charge is 0.335 e. The number of benzene rings is 1. The summed E-state index contributed by atoms with van der Waals surface area (Å²) in [5, 5.41) is 16.9. The van der Waals surface area contributed by atoms with Crippen LogP contribution < -0.4 is 22.1 Å². The van der Waals surface area contributed by atoms with Crippen LogP contribution in [-0.2, 0) is 0 Å². The lowest BCUT2D eigenvalue weighted by molar-refractivity contribution is -0.216. The third-order valence-corrected chi connectivity index (χ3v) is 14.7. The van der Waals surface area contributed by atoms with Crippen molar-refractivity contribution in [3.63, 3.8) is 0 Å². The van der Waals surface area contributed by atoms with Crippen LogP contribution in [0.3, 0.4) is 0 Å². The molecule has 5 aliphatic rings.